The van der Waals surface area contributed by atoms with Crippen LogP contribution < -0.4 is 11.5 Å². The lowest BCUT2D eigenvalue weighted by atomic mass is 10.3. The Kier molecular flexibility index (Phi) is 4.00. The number of amidine groups is 1. The summed E-state index contributed by atoms with van der Waals surface area (Å²) in [5, 5.41) is 13.4. The molecule has 94 valence electrons. The molecule has 0 aliphatic carbocycles. The summed E-state index contributed by atoms with van der Waals surface area (Å²) in [5.74, 6) is 1.10. The van der Waals surface area contributed by atoms with E-state index in [1.807, 2.05) is 23.6 Å². The molecule has 2 aromatic heterocycles. The smallest absolute Gasteiger partial charge is 0.193 e. The molecule has 0 aliphatic heterocycles. The first-order valence-corrected chi connectivity index (χ1v) is 6.82. The first-order valence-electron chi connectivity index (χ1n) is 4.95. The van der Waals surface area contributed by atoms with E-state index >= 15 is 0 Å². The Bertz CT molecular complexity index is 557. The second kappa shape index (κ2) is 5.69. The summed E-state index contributed by atoms with van der Waals surface area (Å²) >= 11 is 2.77. The molecule has 0 saturated carbocycles. The third kappa shape index (κ3) is 3.34. The first kappa shape index (κ1) is 12.7. The Hall–Kier alpha value is -1.80. The number of nitrogens with two attached hydrogens (primary N) is 2. The van der Waals surface area contributed by atoms with Crippen LogP contribution in [-0.2, 0) is 5.75 Å². The Morgan fingerprint density at radius 1 is 1.56 bits per heavy atom. The average Bonchev–Trinajstić information content (AvgIpc) is 2.96. The van der Waals surface area contributed by atoms with Crippen LogP contribution in [0.3, 0.4) is 0 Å². The average molecular weight is 281 g/mol. The molecule has 2 aromatic rings. The van der Waals surface area contributed by atoms with Gasteiger partial charge in [-0.2, -0.15) is 4.99 Å². The summed E-state index contributed by atoms with van der Waals surface area (Å²) in [6.07, 6.45) is 0. The van der Waals surface area contributed by atoms with Crippen molar-refractivity contribution in [3.8, 4) is 10.6 Å². The number of aromatic nitrogens is 1. The van der Waals surface area contributed by atoms with Crippen LogP contribution in [-0.4, -0.2) is 16.3 Å². The maximum absolute atomic E-state index is 7.47. The third-order valence-electron chi connectivity index (χ3n) is 1.91. The minimum atomic E-state index is -0.119. The monoisotopic (exact) mass is 281 g/mol. The zero-order chi connectivity index (χ0) is 13.0. The predicted octanol–water partition coefficient (Wildman–Crippen LogP) is 1.84. The van der Waals surface area contributed by atoms with Crippen molar-refractivity contribution >= 4 is 34.2 Å². The summed E-state index contributed by atoms with van der Waals surface area (Å²) in [4.78, 5) is 4.64. The standard InChI is InChI=1S/C10H11N5OS2/c11-9(12)14-10(13)18-5-6-4-7(16-15-6)8-2-1-3-17-8/h1-4H,5H2,(H5,11,12,13,14). The highest BCUT2D eigenvalue weighted by Gasteiger charge is 2.08. The molecule has 8 heteroatoms. The minimum Gasteiger partial charge on any atom is -0.370 e. The molecule has 0 amide bonds. The third-order valence-corrected chi connectivity index (χ3v) is 3.60. The molecular weight excluding hydrogens is 270 g/mol. The van der Waals surface area contributed by atoms with Crippen molar-refractivity contribution in [2.45, 2.75) is 5.75 Å². The van der Waals surface area contributed by atoms with E-state index in [1.165, 1.54) is 11.8 Å². The van der Waals surface area contributed by atoms with Gasteiger partial charge in [0.2, 0.25) is 0 Å². The van der Waals surface area contributed by atoms with Gasteiger partial charge in [0.05, 0.1) is 10.6 Å². The van der Waals surface area contributed by atoms with E-state index in [0.717, 1.165) is 16.3 Å². The maximum Gasteiger partial charge on any atom is 0.193 e. The number of guanidine groups is 1. The summed E-state index contributed by atoms with van der Waals surface area (Å²) in [5.41, 5.74) is 11.1. The second-order valence-corrected chi connectivity index (χ2v) is 5.20. The maximum atomic E-state index is 7.47. The number of thiophene rings is 1. The highest BCUT2D eigenvalue weighted by Crippen LogP contribution is 2.26. The van der Waals surface area contributed by atoms with Crippen LogP contribution in [0.2, 0.25) is 0 Å². The van der Waals surface area contributed by atoms with Gasteiger partial charge in [0.25, 0.3) is 0 Å². The van der Waals surface area contributed by atoms with Crippen LogP contribution in [0.15, 0.2) is 33.1 Å². The zero-order valence-corrected chi connectivity index (χ0v) is 10.9. The van der Waals surface area contributed by atoms with Crippen LogP contribution in [0.5, 0.6) is 0 Å². The Labute approximate surface area is 112 Å². The molecule has 6 nitrogen and oxygen atoms in total. The number of hydrogen-bond acceptors (Lipinski definition) is 5. The van der Waals surface area contributed by atoms with Crippen LogP contribution in [0.25, 0.3) is 10.6 Å². The van der Waals surface area contributed by atoms with Gasteiger partial charge in [-0.05, 0) is 11.4 Å². The lowest BCUT2D eigenvalue weighted by molar-refractivity contribution is 0.427. The number of thioether (sulfide) groups is 1. The molecule has 0 spiro atoms. The van der Waals surface area contributed by atoms with Crippen LogP contribution >= 0.6 is 23.1 Å². The second-order valence-electron chi connectivity index (χ2n) is 3.29. The summed E-state index contributed by atoms with van der Waals surface area (Å²) < 4.78 is 5.21. The molecule has 0 aliphatic rings. The van der Waals surface area contributed by atoms with Crippen LogP contribution in [0, 0.1) is 5.41 Å². The number of aliphatic imine (C=N–C) groups is 1. The molecule has 0 saturated heterocycles. The van der Waals surface area contributed by atoms with Crippen molar-refractivity contribution in [3.05, 3.63) is 29.3 Å². The lowest BCUT2D eigenvalue weighted by Gasteiger charge is -1.95. The van der Waals surface area contributed by atoms with Gasteiger partial charge in [-0.1, -0.05) is 23.0 Å². The molecule has 0 fully saturated rings. The van der Waals surface area contributed by atoms with E-state index in [9.17, 15) is 0 Å². The van der Waals surface area contributed by atoms with Crippen molar-refractivity contribution in [2.75, 3.05) is 0 Å². The number of hydrogen-bond donors (Lipinski definition) is 3. The van der Waals surface area contributed by atoms with E-state index in [4.69, 9.17) is 21.4 Å². The molecular formula is C10H11N5OS2. The van der Waals surface area contributed by atoms with Crippen LogP contribution in [0.4, 0.5) is 0 Å². The normalized spacial score (nSPS) is 10.2. The molecule has 0 unspecified atom stereocenters. The van der Waals surface area contributed by atoms with Gasteiger partial charge >= 0.3 is 0 Å². The fraction of sp³-hybridized carbons (Fsp3) is 0.100. The topological polar surface area (TPSA) is 114 Å². The van der Waals surface area contributed by atoms with Gasteiger partial charge in [0, 0.05) is 11.8 Å². The number of nitrogens with zero attached hydrogens (tertiary/aromatic N) is 2. The van der Waals surface area contributed by atoms with Crippen molar-refractivity contribution in [3.63, 3.8) is 0 Å². The summed E-state index contributed by atoms with van der Waals surface area (Å²) in [6, 6.07) is 5.76. The molecule has 0 atom stereocenters. The van der Waals surface area contributed by atoms with Crippen molar-refractivity contribution in [1.29, 1.82) is 5.41 Å². The summed E-state index contributed by atoms with van der Waals surface area (Å²) in [7, 11) is 0. The molecule has 0 aromatic carbocycles. The quantitative estimate of drug-likeness (QED) is 0.586. The van der Waals surface area contributed by atoms with Gasteiger partial charge in [-0.15, -0.1) is 11.3 Å². The van der Waals surface area contributed by atoms with E-state index in [1.54, 1.807) is 11.3 Å². The van der Waals surface area contributed by atoms with E-state index in [2.05, 4.69) is 10.1 Å². The zero-order valence-electron chi connectivity index (χ0n) is 9.29. The Balaban J connectivity index is 1.96. The van der Waals surface area contributed by atoms with Crippen molar-refractivity contribution in [1.82, 2.24) is 5.16 Å². The fourth-order valence-electron chi connectivity index (χ4n) is 1.21. The van der Waals surface area contributed by atoms with Crippen molar-refractivity contribution in [2.24, 2.45) is 16.5 Å². The van der Waals surface area contributed by atoms with Crippen molar-refractivity contribution < 1.29 is 4.52 Å². The molecule has 18 heavy (non-hydrogen) atoms. The van der Waals surface area contributed by atoms with Gasteiger partial charge < -0.3 is 16.0 Å². The van der Waals surface area contributed by atoms with Gasteiger partial charge in [-0.3, -0.25) is 5.41 Å². The van der Waals surface area contributed by atoms with Crippen LogP contribution in [0.1, 0.15) is 5.69 Å². The van der Waals surface area contributed by atoms with Gasteiger partial charge in [-0.25, -0.2) is 0 Å². The van der Waals surface area contributed by atoms with Gasteiger partial charge in [0.15, 0.2) is 16.9 Å². The molecule has 5 N–H and O–H groups in total. The molecule has 2 rings (SSSR count). The largest absolute Gasteiger partial charge is 0.370 e. The fourth-order valence-corrected chi connectivity index (χ4v) is 2.47. The highest BCUT2D eigenvalue weighted by molar-refractivity contribution is 8.13. The molecule has 0 radical (unpaired) electrons. The minimum absolute atomic E-state index is 0.0515. The highest BCUT2D eigenvalue weighted by atomic mass is 32.2. The first-order chi connectivity index (χ1) is 8.65. The SMILES string of the molecule is N=C(N=C(N)N)SCc1cc(-c2cccs2)on1. The summed E-state index contributed by atoms with van der Waals surface area (Å²) in [6.45, 7) is 0. The molecule has 0 bridgehead atoms. The number of rotatable bonds is 3. The predicted molar refractivity (Wildman–Crippen MR) is 74.6 cm³/mol. The Morgan fingerprint density at radius 2 is 2.39 bits per heavy atom. The van der Waals surface area contributed by atoms with E-state index < -0.39 is 0 Å². The van der Waals surface area contributed by atoms with E-state index in [-0.39, 0.29) is 11.1 Å². The van der Waals surface area contributed by atoms with Gasteiger partial charge in [0.1, 0.15) is 0 Å². The Morgan fingerprint density at radius 3 is 3.06 bits per heavy atom. The van der Waals surface area contributed by atoms with E-state index in [0.29, 0.717) is 5.75 Å². The lowest BCUT2D eigenvalue weighted by Crippen LogP contribution is -2.23. The molecule has 2 heterocycles. The number of nitrogens with one attached hydrogen (secondary N) is 1.